The van der Waals surface area contributed by atoms with E-state index in [2.05, 4.69) is 9.88 Å². The second-order valence-electron chi connectivity index (χ2n) is 6.96. The van der Waals surface area contributed by atoms with Crippen LogP contribution in [0, 0.1) is 5.92 Å². The smallest absolute Gasteiger partial charge is 0.185 e. The molecular formula is C21H24N2O4. The van der Waals surface area contributed by atoms with Gasteiger partial charge in [0, 0.05) is 36.8 Å². The lowest BCUT2D eigenvalue weighted by molar-refractivity contribution is 0.0805. The third kappa shape index (κ3) is 3.90. The van der Waals surface area contributed by atoms with Crippen molar-refractivity contribution in [3.63, 3.8) is 0 Å². The summed E-state index contributed by atoms with van der Waals surface area (Å²) in [6.45, 7) is 3.52. The molecule has 2 aliphatic rings. The zero-order valence-corrected chi connectivity index (χ0v) is 15.5. The summed E-state index contributed by atoms with van der Waals surface area (Å²) in [6, 6.07) is 9.38. The molecule has 0 bridgehead atoms. The van der Waals surface area contributed by atoms with Crippen LogP contribution < -0.4 is 14.2 Å². The van der Waals surface area contributed by atoms with Crippen LogP contribution in [0.3, 0.4) is 0 Å². The number of benzene rings is 1. The van der Waals surface area contributed by atoms with Gasteiger partial charge in [-0.25, -0.2) is 0 Å². The molecule has 3 heterocycles. The minimum absolute atomic E-state index is 0.0168. The molecule has 0 radical (unpaired) electrons. The van der Waals surface area contributed by atoms with Crippen molar-refractivity contribution in [1.82, 2.24) is 9.88 Å². The van der Waals surface area contributed by atoms with Crippen LogP contribution in [0.2, 0.25) is 0 Å². The Balaban J connectivity index is 1.49. The zero-order chi connectivity index (χ0) is 18.6. The number of aromatic nitrogens is 1. The first-order valence-corrected chi connectivity index (χ1v) is 9.38. The van der Waals surface area contributed by atoms with E-state index in [0.29, 0.717) is 25.5 Å². The number of ketones is 1. The van der Waals surface area contributed by atoms with Gasteiger partial charge in [0.1, 0.15) is 24.7 Å². The Bertz CT molecular complexity index is 809. The highest BCUT2D eigenvalue weighted by atomic mass is 16.6. The Morgan fingerprint density at radius 2 is 2.07 bits per heavy atom. The van der Waals surface area contributed by atoms with Crippen molar-refractivity contribution >= 4 is 5.78 Å². The normalized spacial score (nSPS) is 19.5. The number of fused-ring (bicyclic) bond motifs is 1. The van der Waals surface area contributed by atoms with Gasteiger partial charge in [-0.1, -0.05) is 6.07 Å². The first-order valence-electron chi connectivity index (χ1n) is 9.38. The molecular weight excluding hydrogens is 344 g/mol. The minimum atomic E-state index is -0.0168. The fraction of sp³-hybridized carbons (Fsp3) is 0.429. The minimum Gasteiger partial charge on any atom is -0.496 e. The Morgan fingerprint density at radius 3 is 2.81 bits per heavy atom. The Morgan fingerprint density at radius 1 is 1.26 bits per heavy atom. The number of rotatable bonds is 5. The molecule has 1 fully saturated rings. The van der Waals surface area contributed by atoms with Crippen molar-refractivity contribution in [3.05, 3.63) is 47.8 Å². The van der Waals surface area contributed by atoms with Gasteiger partial charge < -0.3 is 14.2 Å². The van der Waals surface area contributed by atoms with Gasteiger partial charge in [0.2, 0.25) is 0 Å². The third-order valence-electron chi connectivity index (χ3n) is 5.13. The maximum Gasteiger partial charge on any atom is 0.185 e. The average molecular weight is 368 g/mol. The lowest BCUT2D eigenvalue weighted by Crippen LogP contribution is -2.38. The molecule has 27 heavy (non-hydrogen) atoms. The van der Waals surface area contributed by atoms with Gasteiger partial charge in [0.05, 0.1) is 7.11 Å². The Kier molecular flexibility index (Phi) is 5.25. The van der Waals surface area contributed by atoms with Gasteiger partial charge in [-0.15, -0.1) is 0 Å². The standard InChI is InChI=1S/C21H24N2O4/c1-25-18-12-20-19(26-9-10-27-20)11-16(18)14-23-8-4-5-15(13-23)21(24)17-6-2-3-7-22-17/h2-3,6-7,11-12,15H,4-5,8-10,13-14H2,1H3/t15-/m1/s1. The average Bonchev–Trinajstić information content (AvgIpc) is 2.73. The van der Waals surface area contributed by atoms with Gasteiger partial charge in [0.15, 0.2) is 17.3 Å². The van der Waals surface area contributed by atoms with Crippen molar-refractivity contribution in [2.24, 2.45) is 5.92 Å². The summed E-state index contributed by atoms with van der Waals surface area (Å²) in [7, 11) is 1.67. The fourth-order valence-corrected chi connectivity index (χ4v) is 3.80. The first kappa shape index (κ1) is 17.8. The number of ether oxygens (including phenoxy) is 3. The molecule has 6 nitrogen and oxygen atoms in total. The van der Waals surface area contributed by atoms with Crippen LogP contribution in [-0.2, 0) is 6.54 Å². The second-order valence-corrected chi connectivity index (χ2v) is 6.96. The first-order chi connectivity index (χ1) is 13.2. The number of nitrogens with zero attached hydrogens (tertiary/aromatic N) is 2. The van der Waals surface area contributed by atoms with Crippen molar-refractivity contribution in [2.75, 3.05) is 33.4 Å². The highest BCUT2D eigenvalue weighted by Crippen LogP contribution is 2.37. The lowest BCUT2D eigenvalue weighted by atomic mass is 9.91. The van der Waals surface area contributed by atoms with E-state index in [4.69, 9.17) is 14.2 Å². The van der Waals surface area contributed by atoms with Crippen molar-refractivity contribution < 1.29 is 19.0 Å². The van der Waals surface area contributed by atoms with Gasteiger partial charge in [-0.3, -0.25) is 14.7 Å². The summed E-state index contributed by atoms with van der Waals surface area (Å²) in [5.74, 6) is 2.39. The molecule has 142 valence electrons. The number of carbonyl (C=O) groups excluding carboxylic acids is 1. The number of likely N-dealkylation sites (tertiary alicyclic amines) is 1. The number of Topliss-reactive ketones (excluding diaryl/α,β-unsaturated/α-hetero) is 1. The number of hydrogen-bond acceptors (Lipinski definition) is 6. The predicted octanol–water partition coefficient (Wildman–Crippen LogP) is 2.96. The summed E-state index contributed by atoms with van der Waals surface area (Å²) in [6.07, 6.45) is 3.58. The highest BCUT2D eigenvalue weighted by Gasteiger charge is 2.28. The van der Waals surface area contributed by atoms with Crippen LogP contribution in [0.4, 0.5) is 0 Å². The topological polar surface area (TPSA) is 60.9 Å². The third-order valence-corrected chi connectivity index (χ3v) is 5.13. The van der Waals surface area contributed by atoms with Gasteiger partial charge >= 0.3 is 0 Å². The number of methoxy groups -OCH3 is 1. The Labute approximate surface area is 159 Å². The van der Waals surface area contributed by atoms with E-state index in [9.17, 15) is 4.79 Å². The molecule has 4 rings (SSSR count). The van der Waals surface area contributed by atoms with E-state index in [0.717, 1.165) is 48.7 Å². The molecule has 0 unspecified atom stereocenters. The maximum absolute atomic E-state index is 12.8. The highest BCUT2D eigenvalue weighted by molar-refractivity contribution is 5.96. The van der Waals surface area contributed by atoms with E-state index >= 15 is 0 Å². The van der Waals surface area contributed by atoms with Crippen molar-refractivity contribution in [1.29, 1.82) is 0 Å². The summed E-state index contributed by atoms with van der Waals surface area (Å²) in [5, 5.41) is 0. The van der Waals surface area contributed by atoms with Crippen LogP contribution in [0.1, 0.15) is 28.9 Å². The van der Waals surface area contributed by atoms with Crippen LogP contribution in [0.25, 0.3) is 0 Å². The van der Waals surface area contributed by atoms with E-state index in [1.165, 1.54) is 0 Å². The summed E-state index contributed by atoms with van der Waals surface area (Å²) in [5.41, 5.74) is 1.61. The van der Waals surface area contributed by atoms with Crippen LogP contribution >= 0.6 is 0 Å². The van der Waals surface area contributed by atoms with E-state index in [1.54, 1.807) is 19.4 Å². The van der Waals surface area contributed by atoms with Crippen LogP contribution in [-0.4, -0.2) is 49.1 Å². The van der Waals surface area contributed by atoms with Gasteiger partial charge in [-0.05, 0) is 37.6 Å². The fourth-order valence-electron chi connectivity index (χ4n) is 3.80. The van der Waals surface area contributed by atoms with Gasteiger partial charge in [0.25, 0.3) is 0 Å². The molecule has 0 N–H and O–H groups in total. The number of pyridine rings is 1. The zero-order valence-electron chi connectivity index (χ0n) is 15.5. The van der Waals surface area contributed by atoms with Crippen LogP contribution in [0.5, 0.6) is 17.2 Å². The second kappa shape index (κ2) is 7.96. The van der Waals surface area contributed by atoms with Gasteiger partial charge in [-0.2, -0.15) is 0 Å². The SMILES string of the molecule is COc1cc2c(cc1CN1CCC[C@@H](C(=O)c3ccccn3)C1)OCCO2. The molecule has 2 aliphatic heterocycles. The molecule has 1 saturated heterocycles. The largest absolute Gasteiger partial charge is 0.496 e. The molecule has 0 amide bonds. The molecule has 1 aromatic heterocycles. The summed E-state index contributed by atoms with van der Waals surface area (Å²) in [4.78, 5) is 19.3. The number of hydrogen-bond donors (Lipinski definition) is 0. The molecule has 0 spiro atoms. The number of carbonyl (C=O) groups is 1. The quantitative estimate of drug-likeness (QED) is 0.756. The monoisotopic (exact) mass is 368 g/mol. The summed E-state index contributed by atoms with van der Waals surface area (Å²) >= 11 is 0. The molecule has 0 saturated carbocycles. The van der Waals surface area contributed by atoms with E-state index in [-0.39, 0.29) is 11.7 Å². The lowest BCUT2D eigenvalue weighted by Gasteiger charge is -2.32. The van der Waals surface area contributed by atoms with Crippen LogP contribution in [0.15, 0.2) is 36.5 Å². The van der Waals surface area contributed by atoms with Crippen molar-refractivity contribution in [2.45, 2.75) is 19.4 Å². The molecule has 1 atom stereocenters. The summed E-state index contributed by atoms with van der Waals surface area (Å²) < 4.78 is 16.9. The molecule has 2 aromatic rings. The Hall–Kier alpha value is -2.60. The predicted molar refractivity (Wildman–Crippen MR) is 101 cm³/mol. The number of piperidine rings is 1. The molecule has 1 aromatic carbocycles. The van der Waals surface area contributed by atoms with Crippen molar-refractivity contribution in [3.8, 4) is 17.2 Å². The van der Waals surface area contributed by atoms with E-state index < -0.39 is 0 Å². The van der Waals surface area contributed by atoms with E-state index in [1.807, 2.05) is 24.3 Å². The molecule has 6 heteroatoms. The molecule has 0 aliphatic carbocycles. The maximum atomic E-state index is 12.8.